The zero-order valence-electron chi connectivity index (χ0n) is 14.7. The van der Waals surface area contributed by atoms with Gasteiger partial charge in [0.25, 0.3) is 0 Å². The lowest BCUT2D eigenvalue weighted by atomic mass is 10.2. The van der Waals surface area contributed by atoms with E-state index in [1.165, 1.54) is 4.90 Å². The standard InChI is InChI=1S/C18H28N2O4/c1-5-10-20(17(23)24-18(2,3)4)16-8-6-15(7-9-16)19(11-13-21)12-14-22/h5-9,21-22H,1,10-14H2,2-4H3. The van der Waals surface area contributed by atoms with E-state index in [9.17, 15) is 4.79 Å². The Hall–Kier alpha value is -2.05. The second-order valence-corrected chi connectivity index (χ2v) is 6.33. The first-order chi connectivity index (χ1) is 11.3. The number of amides is 1. The molecule has 0 saturated carbocycles. The van der Waals surface area contributed by atoms with Crippen molar-refractivity contribution in [2.24, 2.45) is 0 Å². The van der Waals surface area contributed by atoms with E-state index in [-0.39, 0.29) is 13.2 Å². The van der Waals surface area contributed by atoms with E-state index in [0.29, 0.717) is 25.3 Å². The predicted octanol–water partition coefficient (Wildman–Crippen LogP) is 2.41. The molecule has 24 heavy (non-hydrogen) atoms. The lowest BCUT2D eigenvalue weighted by Crippen LogP contribution is -2.37. The van der Waals surface area contributed by atoms with Gasteiger partial charge in [-0.1, -0.05) is 6.08 Å². The van der Waals surface area contributed by atoms with Crippen molar-refractivity contribution in [2.45, 2.75) is 26.4 Å². The Balaban J connectivity index is 2.96. The number of carbonyl (C=O) groups is 1. The Morgan fingerprint density at radius 1 is 1.12 bits per heavy atom. The van der Waals surface area contributed by atoms with Crippen LogP contribution in [0.25, 0.3) is 0 Å². The zero-order valence-corrected chi connectivity index (χ0v) is 14.7. The molecule has 0 spiro atoms. The van der Waals surface area contributed by atoms with Crippen LogP contribution in [0.4, 0.5) is 16.2 Å². The van der Waals surface area contributed by atoms with E-state index in [2.05, 4.69) is 6.58 Å². The number of aliphatic hydroxyl groups is 2. The van der Waals surface area contributed by atoms with Crippen LogP contribution in [-0.4, -0.2) is 54.8 Å². The summed E-state index contributed by atoms with van der Waals surface area (Å²) in [7, 11) is 0. The summed E-state index contributed by atoms with van der Waals surface area (Å²) in [5.74, 6) is 0. The molecule has 0 radical (unpaired) electrons. The van der Waals surface area contributed by atoms with Crippen molar-refractivity contribution in [1.82, 2.24) is 0 Å². The molecule has 1 rings (SSSR count). The summed E-state index contributed by atoms with van der Waals surface area (Å²) in [6.07, 6.45) is 1.21. The minimum Gasteiger partial charge on any atom is -0.443 e. The monoisotopic (exact) mass is 336 g/mol. The minimum absolute atomic E-state index is 0.00223. The van der Waals surface area contributed by atoms with Gasteiger partial charge in [-0.15, -0.1) is 6.58 Å². The quantitative estimate of drug-likeness (QED) is 0.713. The minimum atomic E-state index is -0.574. The Bertz CT molecular complexity index is 517. The molecule has 0 saturated heterocycles. The van der Waals surface area contributed by atoms with E-state index in [1.807, 2.05) is 49.9 Å². The molecule has 0 aliphatic heterocycles. The smallest absolute Gasteiger partial charge is 0.415 e. The fourth-order valence-electron chi connectivity index (χ4n) is 2.19. The van der Waals surface area contributed by atoms with Crippen LogP contribution in [-0.2, 0) is 4.74 Å². The van der Waals surface area contributed by atoms with Crippen molar-refractivity contribution in [2.75, 3.05) is 42.6 Å². The van der Waals surface area contributed by atoms with Gasteiger partial charge in [-0.05, 0) is 45.0 Å². The number of aliphatic hydroxyl groups excluding tert-OH is 2. The van der Waals surface area contributed by atoms with Crippen molar-refractivity contribution >= 4 is 17.5 Å². The predicted molar refractivity (Wildman–Crippen MR) is 96.6 cm³/mol. The molecule has 0 atom stereocenters. The Labute approximate surface area is 144 Å². The maximum atomic E-state index is 12.4. The Morgan fingerprint density at radius 2 is 1.62 bits per heavy atom. The van der Waals surface area contributed by atoms with Crippen molar-refractivity contribution in [3.05, 3.63) is 36.9 Å². The molecule has 0 unspecified atom stereocenters. The van der Waals surface area contributed by atoms with Crippen LogP contribution < -0.4 is 9.80 Å². The molecule has 0 bridgehead atoms. The third-order valence-electron chi connectivity index (χ3n) is 3.19. The van der Waals surface area contributed by atoms with Gasteiger partial charge in [0.15, 0.2) is 0 Å². The number of ether oxygens (including phenoxy) is 1. The lowest BCUT2D eigenvalue weighted by Gasteiger charge is -2.27. The van der Waals surface area contributed by atoms with Gasteiger partial charge < -0.3 is 19.8 Å². The number of carbonyl (C=O) groups excluding carboxylic acids is 1. The Morgan fingerprint density at radius 3 is 2.04 bits per heavy atom. The zero-order chi connectivity index (χ0) is 18.2. The van der Waals surface area contributed by atoms with E-state index in [4.69, 9.17) is 14.9 Å². The van der Waals surface area contributed by atoms with Crippen molar-refractivity contribution < 1.29 is 19.7 Å². The van der Waals surface area contributed by atoms with Crippen LogP contribution >= 0.6 is 0 Å². The lowest BCUT2D eigenvalue weighted by molar-refractivity contribution is 0.0584. The van der Waals surface area contributed by atoms with Gasteiger partial charge in [-0.3, -0.25) is 4.90 Å². The average molecular weight is 336 g/mol. The number of benzene rings is 1. The summed E-state index contributed by atoms with van der Waals surface area (Å²) in [5, 5.41) is 18.2. The summed E-state index contributed by atoms with van der Waals surface area (Å²) < 4.78 is 5.42. The molecule has 1 aromatic carbocycles. The molecule has 0 aliphatic rings. The van der Waals surface area contributed by atoms with Crippen molar-refractivity contribution in [3.8, 4) is 0 Å². The number of anilines is 2. The van der Waals surface area contributed by atoms with Crippen LogP contribution in [0.3, 0.4) is 0 Å². The fraction of sp³-hybridized carbons (Fsp3) is 0.500. The summed E-state index contributed by atoms with van der Waals surface area (Å²) >= 11 is 0. The van der Waals surface area contributed by atoms with Crippen LogP contribution in [0, 0.1) is 0 Å². The first kappa shape index (κ1) is 20.0. The van der Waals surface area contributed by atoms with Gasteiger partial charge >= 0.3 is 6.09 Å². The van der Waals surface area contributed by atoms with Gasteiger partial charge in [0.05, 0.1) is 13.2 Å². The third kappa shape index (κ3) is 6.22. The molecule has 1 amide bonds. The maximum absolute atomic E-state index is 12.4. The third-order valence-corrected chi connectivity index (χ3v) is 3.19. The average Bonchev–Trinajstić information content (AvgIpc) is 2.51. The van der Waals surface area contributed by atoms with E-state index >= 15 is 0 Å². The largest absolute Gasteiger partial charge is 0.443 e. The summed E-state index contributed by atoms with van der Waals surface area (Å²) in [6.45, 7) is 10.4. The maximum Gasteiger partial charge on any atom is 0.415 e. The molecular weight excluding hydrogens is 308 g/mol. The van der Waals surface area contributed by atoms with Gasteiger partial charge in [-0.2, -0.15) is 0 Å². The molecule has 2 N–H and O–H groups in total. The first-order valence-corrected chi connectivity index (χ1v) is 8.00. The first-order valence-electron chi connectivity index (χ1n) is 8.00. The highest BCUT2D eigenvalue weighted by Crippen LogP contribution is 2.22. The normalized spacial score (nSPS) is 11.0. The van der Waals surface area contributed by atoms with E-state index < -0.39 is 11.7 Å². The molecule has 0 fully saturated rings. The SMILES string of the molecule is C=CCN(C(=O)OC(C)(C)C)c1ccc(N(CCO)CCO)cc1. The number of nitrogens with zero attached hydrogens (tertiary/aromatic N) is 2. The van der Waals surface area contributed by atoms with Gasteiger partial charge in [-0.25, -0.2) is 4.79 Å². The van der Waals surface area contributed by atoms with Gasteiger partial charge in [0.1, 0.15) is 5.60 Å². The molecule has 0 aliphatic carbocycles. The second kappa shape index (κ2) is 9.30. The molecule has 134 valence electrons. The fourth-order valence-corrected chi connectivity index (χ4v) is 2.19. The molecule has 6 heteroatoms. The second-order valence-electron chi connectivity index (χ2n) is 6.33. The molecular formula is C18H28N2O4. The van der Waals surface area contributed by atoms with Crippen LogP contribution in [0.2, 0.25) is 0 Å². The summed E-state index contributed by atoms with van der Waals surface area (Å²) in [5.41, 5.74) is 0.987. The summed E-state index contributed by atoms with van der Waals surface area (Å²) in [4.78, 5) is 15.7. The molecule has 0 heterocycles. The highest BCUT2D eigenvalue weighted by Gasteiger charge is 2.22. The van der Waals surface area contributed by atoms with Crippen LogP contribution in [0.1, 0.15) is 20.8 Å². The number of hydrogen-bond donors (Lipinski definition) is 2. The number of rotatable bonds is 8. The molecule has 1 aromatic rings. The van der Waals surface area contributed by atoms with Gasteiger partial charge in [0, 0.05) is 31.0 Å². The Kier molecular flexibility index (Phi) is 7.74. The van der Waals surface area contributed by atoms with Gasteiger partial charge in [0.2, 0.25) is 0 Å². The van der Waals surface area contributed by atoms with Crippen molar-refractivity contribution in [1.29, 1.82) is 0 Å². The number of hydrogen-bond acceptors (Lipinski definition) is 5. The van der Waals surface area contributed by atoms with E-state index in [0.717, 1.165) is 5.69 Å². The van der Waals surface area contributed by atoms with E-state index in [1.54, 1.807) is 6.08 Å². The highest BCUT2D eigenvalue weighted by molar-refractivity contribution is 5.88. The van der Waals surface area contributed by atoms with Crippen LogP contribution in [0.5, 0.6) is 0 Å². The highest BCUT2D eigenvalue weighted by atomic mass is 16.6. The topological polar surface area (TPSA) is 73.2 Å². The van der Waals surface area contributed by atoms with Crippen LogP contribution in [0.15, 0.2) is 36.9 Å². The molecule has 0 aromatic heterocycles. The van der Waals surface area contributed by atoms with Crippen molar-refractivity contribution in [3.63, 3.8) is 0 Å². The summed E-state index contributed by atoms with van der Waals surface area (Å²) in [6, 6.07) is 7.32. The molecule has 6 nitrogen and oxygen atoms in total.